The molecule has 2 aliphatic carbocycles. The summed E-state index contributed by atoms with van der Waals surface area (Å²) in [6.45, 7) is 6.27. The molecule has 0 saturated heterocycles. The molecule has 8 heteroatoms. The maximum atomic E-state index is 12.4. The summed E-state index contributed by atoms with van der Waals surface area (Å²) in [5.74, 6) is 0.621. The summed E-state index contributed by atoms with van der Waals surface area (Å²) < 4.78 is 0. The van der Waals surface area contributed by atoms with E-state index in [4.69, 9.17) is 0 Å². The van der Waals surface area contributed by atoms with E-state index in [-0.39, 0.29) is 39.7 Å². The SMILES string of the molecule is CC(S)c1cc(C2CCC(C(C)(C)c3cc([C@H]4C[C@H](O)C4)c(=O)[nH]n3)C2)c(=O)[nH]n1. The van der Waals surface area contributed by atoms with E-state index in [0.29, 0.717) is 18.8 Å². The molecule has 2 saturated carbocycles. The summed E-state index contributed by atoms with van der Waals surface area (Å²) >= 11 is 4.44. The van der Waals surface area contributed by atoms with E-state index in [1.54, 1.807) is 0 Å². The van der Waals surface area contributed by atoms with E-state index < -0.39 is 0 Å². The Morgan fingerprint density at radius 2 is 1.67 bits per heavy atom. The van der Waals surface area contributed by atoms with Gasteiger partial charge in [0.25, 0.3) is 11.1 Å². The van der Waals surface area contributed by atoms with Crippen LogP contribution >= 0.6 is 12.6 Å². The Morgan fingerprint density at radius 1 is 1.03 bits per heavy atom. The zero-order valence-corrected chi connectivity index (χ0v) is 18.6. The number of aliphatic hydroxyl groups is 1. The van der Waals surface area contributed by atoms with Crippen molar-refractivity contribution in [1.29, 1.82) is 0 Å². The van der Waals surface area contributed by atoms with E-state index in [9.17, 15) is 14.7 Å². The third-order valence-electron chi connectivity index (χ3n) is 7.22. The van der Waals surface area contributed by atoms with Crippen molar-refractivity contribution in [3.63, 3.8) is 0 Å². The molecule has 0 amide bonds. The molecule has 0 aromatic carbocycles. The lowest BCUT2D eigenvalue weighted by molar-refractivity contribution is 0.0740. The number of hydrogen-bond acceptors (Lipinski definition) is 6. The summed E-state index contributed by atoms with van der Waals surface area (Å²) in [4.78, 5) is 24.7. The number of rotatable bonds is 5. The first-order valence-electron chi connectivity index (χ1n) is 10.7. The first-order valence-corrected chi connectivity index (χ1v) is 11.2. The van der Waals surface area contributed by atoms with Crippen LogP contribution in [0.25, 0.3) is 0 Å². The molecule has 2 fully saturated rings. The quantitative estimate of drug-likeness (QED) is 0.545. The maximum absolute atomic E-state index is 12.4. The Morgan fingerprint density at radius 3 is 2.30 bits per heavy atom. The highest BCUT2D eigenvalue weighted by molar-refractivity contribution is 7.80. The average molecular weight is 431 g/mol. The second-order valence-corrected chi connectivity index (χ2v) is 10.3. The number of thiol groups is 1. The summed E-state index contributed by atoms with van der Waals surface area (Å²) in [5, 5.41) is 23.4. The molecule has 3 unspecified atom stereocenters. The van der Waals surface area contributed by atoms with Crippen molar-refractivity contribution in [3.8, 4) is 0 Å². The fraction of sp³-hybridized carbons (Fsp3) is 0.636. The molecule has 2 aromatic heterocycles. The predicted octanol–water partition coefficient (Wildman–Crippen LogP) is 2.94. The molecule has 0 aliphatic heterocycles. The highest BCUT2D eigenvalue weighted by Crippen LogP contribution is 2.47. The van der Waals surface area contributed by atoms with Crippen LogP contribution in [-0.2, 0) is 5.41 Å². The fourth-order valence-corrected chi connectivity index (χ4v) is 5.11. The van der Waals surface area contributed by atoms with Gasteiger partial charge < -0.3 is 5.11 Å². The molecule has 0 bridgehead atoms. The second kappa shape index (κ2) is 7.96. The van der Waals surface area contributed by atoms with Crippen LogP contribution in [0.4, 0.5) is 0 Å². The van der Waals surface area contributed by atoms with Crippen LogP contribution in [0.2, 0.25) is 0 Å². The Hall–Kier alpha value is -1.93. The van der Waals surface area contributed by atoms with Crippen molar-refractivity contribution < 1.29 is 5.11 Å². The van der Waals surface area contributed by atoms with E-state index >= 15 is 0 Å². The van der Waals surface area contributed by atoms with Gasteiger partial charge in [0, 0.05) is 21.8 Å². The highest BCUT2D eigenvalue weighted by atomic mass is 32.1. The normalized spacial score (nSPS) is 27.6. The van der Waals surface area contributed by atoms with Crippen LogP contribution in [0.15, 0.2) is 21.7 Å². The number of nitrogens with one attached hydrogen (secondary N) is 2. The Balaban J connectivity index is 1.57. The first kappa shape index (κ1) is 21.3. The van der Waals surface area contributed by atoms with Gasteiger partial charge in [0.15, 0.2) is 0 Å². The third-order valence-corrected chi connectivity index (χ3v) is 7.48. The van der Waals surface area contributed by atoms with E-state index in [1.165, 1.54) is 0 Å². The van der Waals surface area contributed by atoms with Crippen molar-refractivity contribution in [2.45, 2.75) is 81.5 Å². The molecule has 2 heterocycles. The number of aromatic amines is 2. The van der Waals surface area contributed by atoms with Crippen LogP contribution in [0, 0.1) is 5.92 Å². The third kappa shape index (κ3) is 3.87. The highest BCUT2D eigenvalue weighted by Gasteiger charge is 2.40. The minimum Gasteiger partial charge on any atom is -0.393 e. The summed E-state index contributed by atoms with van der Waals surface area (Å²) in [6.07, 6.45) is 3.78. The van der Waals surface area contributed by atoms with E-state index in [2.05, 4.69) is 46.9 Å². The van der Waals surface area contributed by atoms with E-state index in [0.717, 1.165) is 41.8 Å². The Kier molecular flexibility index (Phi) is 5.66. The zero-order valence-electron chi connectivity index (χ0n) is 17.7. The van der Waals surface area contributed by atoms with Gasteiger partial charge in [-0.05, 0) is 68.9 Å². The van der Waals surface area contributed by atoms with Gasteiger partial charge in [-0.3, -0.25) is 9.59 Å². The summed E-state index contributed by atoms with van der Waals surface area (Å²) in [7, 11) is 0. The van der Waals surface area contributed by atoms with Crippen molar-refractivity contribution >= 4 is 12.6 Å². The van der Waals surface area contributed by atoms with Crippen LogP contribution in [0.1, 0.15) is 92.5 Å². The van der Waals surface area contributed by atoms with Gasteiger partial charge in [0.1, 0.15) is 0 Å². The molecule has 4 rings (SSSR count). The maximum Gasteiger partial charge on any atom is 0.267 e. The largest absolute Gasteiger partial charge is 0.393 e. The summed E-state index contributed by atoms with van der Waals surface area (Å²) in [6, 6.07) is 3.83. The predicted molar refractivity (Wildman–Crippen MR) is 118 cm³/mol. The average Bonchev–Trinajstić information content (AvgIpc) is 3.17. The lowest BCUT2D eigenvalue weighted by Crippen LogP contribution is -2.34. The van der Waals surface area contributed by atoms with Crippen LogP contribution < -0.4 is 11.1 Å². The van der Waals surface area contributed by atoms with Crippen molar-refractivity contribution in [2.75, 3.05) is 0 Å². The zero-order chi connectivity index (χ0) is 21.6. The van der Waals surface area contributed by atoms with Gasteiger partial charge in [-0.15, -0.1) is 0 Å². The topological polar surface area (TPSA) is 112 Å². The molecule has 0 spiro atoms. The molecule has 7 nitrogen and oxygen atoms in total. The van der Waals surface area contributed by atoms with E-state index in [1.807, 2.05) is 19.1 Å². The minimum absolute atomic E-state index is 0.0389. The summed E-state index contributed by atoms with van der Waals surface area (Å²) in [5.41, 5.74) is 2.65. The fourth-order valence-electron chi connectivity index (χ4n) is 4.98. The Bertz CT molecular complexity index is 1040. The second-order valence-electron chi connectivity index (χ2n) is 9.54. The molecule has 30 heavy (non-hydrogen) atoms. The van der Waals surface area contributed by atoms with Crippen molar-refractivity contribution in [1.82, 2.24) is 20.4 Å². The van der Waals surface area contributed by atoms with Gasteiger partial charge in [0.2, 0.25) is 0 Å². The van der Waals surface area contributed by atoms with Gasteiger partial charge in [-0.25, -0.2) is 10.2 Å². The minimum atomic E-state index is -0.307. The van der Waals surface area contributed by atoms with Gasteiger partial charge in [0.05, 0.1) is 17.5 Å². The van der Waals surface area contributed by atoms with Crippen molar-refractivity contribution in [3.05, 3.63) is 55.4 Å². The van der Waals surface area contributed by atoms with Gasteiger partial charge in [-0.1, -0.05) is 13.8 Å². The van der Waals surface area contributed by atoms with Gasteiger partial charge in [-0.2, -0.15) is 22.8 Å². The first-order chi connectivity index (χ1) is 14.2. The molecule has 3 N–H and O–H groups in total. The Labute approximate surface area is 181 Å². The van der Waals surface area contributed by atoms with Crippen LogP contribution in [-0.4, -0.2) is 31.6 Å². The molecular formula is C22H30N4O3S. The lowest BCUT2D eigenvalue weighted by Gasteiger charge is -2.34. The van der Waals surface area contributed by atoms with Crippen LogP contribution in [0.5, 0.6) is 0 Å². The standard InChI is InChI=1S/C22H30N4O3S/c1-11(30)18-9-16(20(28)25-23-18)12-4-5-14(6-12)22(2,3)19-10-17(21(29)26-24-19)13-7-15(27)8-13/h9-15,27,30H,4-8H2,1-3H3,(H,25,28)(H,26,29)/t11?,12?,13-,14?,15-. The molecular weight excluding hydrogens is 400 g/mol. The lowest BCUT2D eigenvalue weighted by atomic mass is 9.72. The molecule has 2 aromatic rings. The molecule has 2 aliphatic rings. The number of aliphatic hydroxyl groups excluding tert-OH is 1. The number of hydrogen-bond donors (Lipinski definition) is 4. The monoisotopic (exact) mass is 430 g/mol. The smallest absolute Gasteiger partial charge is 0.267 e. The molecule has 0 radical (unpaired) electrons. The number of aromatic nitrogens is 4. The van der Waals surface area contributed by atoms with Crippen molar-refractivity contribution in [2.24, 2.45) is 5.92 Å². The number of nitrogens with zero attached hydrogens (tertiary/aromatic N) is 2. The number of H-pyrrole nitrogens is 2. The van der Waals surface area contributed by atoms with Gasteiger partial charge >= 0.3 is 0 Å². The molecule has 162 valence electrons. The molecule has 3 atom stereocenters. The van der Waals surface area contributed by atoms with Crippen LogP contribution in [0.3, 0.4) is 0 Å².